The van der Waals surface area contributed by atoms with Crippen molar-refractivity contribution in [3.63, 3.8) is 0 Å². The largest absolute Gasteiger partial charge is 0.461 e. The number of hydrogen-bond acceptors (Lipinski definition) is 6. The maximum absolute atomic E-state index is 12.6. The number of rotatable bonds is 7. The van der Waals surface area contributed by atoms with Gasteiger partial charge in [-0.3, -0.25) is 4.79 Å². The van der Waals surface area contributed by atoms with E-state index in [-0.39, 0.29) is 24.5 Å². The lowest BCUT2D eigenvalue weighted by Gasteiger charge is -2.35. The van der Waals surface area contributed by atoms with Gasteiger partial charge in [0, 0.05) is 36.6 Å². The fourth-order valence-corrected chi connectivity index (χ4v) is 3.73. The molecule has 148 valence electrons. The lowest BCUT2D eigenvalue weighted by atomic mass is 9.79. The molecule has 1 aliphatic rings. The third kappa shape index (κ3) is 3.53. The summed E-state index contributed by atoms with van der Waals surface area (Å²) >= 11 is 0. The van der Waals surface area contributed by atoms with Crippen LogP contribution in [0.2, 0.25) is 0 Å². The Balaban J connectivity index is 1.38. The van der Waals surface area contributed by atoms with Gasteiger partial charge in [-0.1, -0.05) is 0 Å². The van der Waals surface area contributed by atoms with Gasteiger partial charge in [-0.2, -0.15) is 0 Å². The molecule has 3 aromatic rings. The van der Waals surface area contributed by atoms with Crippen LogP contribution >= 0.6 is 0 Å². The molecule has 0 unspecified atom stereocenters. The first-order chi connectivity index (χ1) is 13.6. The summed E-state index contributed by atoms with van der Waals surface area (Å²) in [7, 11) is 1.64. The lowest BCUT2D eigenvalue weighted by molar-refractivity contribution is 0.0906. The monoisotopic (exact) mass is 384 g/mol. The molecule has 1 amide bonds. The molecule has 0 spiro atoms. The third-order valence-corrected chi connectivity index (χ3v) is 5.26. The number of aromatic nitrogens is 3. The molecule has 2 aromatic heterocycles. The first kappa shape index (κ1) is 18.6. The zero-order chi connectivity index (χ0) is 19.7. The summed E-state index contributed by atoms with van der Waals surface area (Å²) in [5, 5.41) is 21.8. The fraction of sp³-hybridized carbons (Fsp3) is 0.450. The highest BCUT2D eigenvalue weighted by molar-refractivity contribution is 5.98. The molecule has 4 rings (SSSR count). The predicted octanol–water partition coefficient (Wildman–Crippen LogP) is 2.15. The number of aryl methyl sites for hydroxylation is 1. The van der Waals surface area contributed by atoms with Gasteiger partial charge in [0.05, 0.1) is 6.61 Å². The summed E-state index contributed by atoms with van der Waals surface area (Å²) in [5.74, 6) is 2.36. The van der Waals surface area contributed by atoms with E-state index in [9.17, 15) is 9.90 Å². The van der Waals surface area contributed by atoms with Crippen molar-refractivity contribution in [1.29, 1.82) is 0 Å². The smallest absolute Gasteiger partial charge is 0.251 e. The number of hydrogen-bond donors (Lipinski definition) is 2. The summed E-state index contributed by atoms with van der Waals surface area (Å²) in [6.07, 6.45) is 1.60. The zero-order valence-corrected chi connectivity index (χ0v) is 16.0. The molecule has 8 nitrogen and oxygen atoms in total. The summed E-state index contributed by atoms with van der Waals surface area (Å²) in [6, 6.07) is 7.49. The number of nitrogens with zero attached hydrogens (tertiary/aromatic N) is 3. The van der Waals surface area contributed by atoms with Crippen molar-refractivity contribution in [3.8, 4) is 0 Å². The molecule has 0 bridgehead atoms. The van der Waals surface area contributed by atoms with Crippen LogP contribution in [-0.4, -0.2) is 45.5 Å². The molecule has 2 N–H and O–H groups in total. The zero-order valence-electron chi connectivity index (χ0n) is 16.0. The number of aliphatic hydroxyl groups excluding tert-OH is 1. The molecular formula is C20H24N4O4. The Morgan fingerprint density at radius 3 is 2.93 bits per heavy atom. The summed E-state index contributed by atoms with van der Waals surface area (Å²) in [4.78, 5) is 12.6. The Labute approximate surface area is 162 Å². The molecule has 1 fully saturated rings. The van der Waals surface area contributed by atoms with Crippen LogP contribution in [0.4, 0.5) is 0 Å². The van der Waals surface area contributed by atoms with Crippen LogP contribution < -0.4 is 5.32 Å². The lowest BCUT2D eigenvalue weighted by Crippen LogP contribution is -2.44. The van der Waals surface area contributed by atoms with Gasteiger partial charge in [0.2, 0.25) is 0 Å². The van der Waals surface area contributed by atoms with E-state index in [1.807, 2.05) is 29.7 Å². The molecule has 28 heavy (non-hydrogen) atoms. The van der Waals surface area contributed by atoms with E-state index >= 15 is 0 Å². The molecule has 0 radical (unpaired) electrons. The molecule has 1 saturated carbocycles. The number of carbonyl (C=O) groups excluding carboxylic acids is 1. The molecule has 1 aromatic carbocycles. The van der Waals surface area contributed by atoms with Crippen molar-refractivity contribution in [3.05, 3.63) is 47.2 Å². The van der Waals surface area contributed by atoms with Crippen LogP contribution in [0.15, 0.2) is 28.7 Å². The Morgan fingerprint density at radius 1 is 1.36 bits per heavy atom. The number of carbonyl (C=O) groups is 1. The van der Waals surface area contributed by atoms with Crippen LogP contribution in [0, 0.1) is 6.92 Å². The number of benzene rings is 1. The Hall–Kier alpha value is -2.71. The highest BCUT2D eigenvalue weighted by Crippen LogP contribution is 2.36. The Morgan fingerprint density at radius 2 is 2.18 bits per heavy atom. The minimum absolute atomic E-state index is 0.0823. The van der Waals surface area contributed by atoms with Crippen molar-refractivity contribution >= 4 is 16.9 Å². The first-order valence-corrected chi connectivity index (χ1v) is 9.42. The second-order valence-corrected chi connectivity index (χ2v) is 7.23. The van der Waals surface area contributed by atoms with Crippen LogP contribution in [0.1, 0.15) is 46.5 Å². The number of nitrogens with one attached hydrogen (secondary N) is 1. The molecule has 0 saturated heterocycles. The Kier molecular flexibility index (Phi) is 5.15. The van der Waals surface area contributed by atoms with E-state index in [0.717, 1.165) is 35.4 Å². The standard InChI is InChI=1S/C20H24N4O4/c1-12-7-14-8-13(3-4-17(14)28-12)20(26)21-16-9-15(10-16)19-23-22-18(11-25)24(19)5-6-27-2/h3-4,7-8,15-16,25H,5-6,9-11H2,1-2H3,(H,21,26). The van der Waals surface area contributed by atoms with E-state index in [4.69, 9.17) is 9.15 Å². The summed E-state index contributed by atoms with van der Waals surface area (Å²) in [5.41, 5.74) is 1.41. The van der Waals surface area contributed by atoms with Crippen molar-refractivity contribution in [2.24, 2.45) is 0 Å². The van der Waals surface area contributed by atoms with Gasteiger partial charge < -0.3 is 24.1 Å². The van der Waals surface area contributed by atoms with Gasteiger partial charge in [-0.15, -0.1) is 10.2 Å². The second kappa shape index (κ2) is 7.73. The highest BCUT2D eigenvalue weighted by atomic mass is 16.5. The van der Waals surface area contributed by atoms with E-state index < -0.39 is 0 Å². The average Bonchev–Trinajstić information content (AvgIpc) is 3.23. The van der Waals surface area contributed by atoms with Crippen LogP contribution in [0.5, 0.6) is 0 Å². The highest BCUT2D eigenvalue weighted by Gasteiger charge is 2.35. The van der Waals surface area contributed by atoms with Gasteiger partial charge in [0.15, 0.2) is 5.82 Å². The van der Waals surface area contributed by atoms with E-state index in [1.54, 1.807) is 13.2 Å². The maximum Gasteiger partial charge on any atom is 0.251 e. The summed E-state index contributed by atoms with van der Waals surface area (Å²) < 4.78 is 12.6. The topological polar surface area (TPSA) is 102 Å². The van der Waals surface area contributed by atoms with Gasteiger partial charge in [-0.25, -0.2) is 0 Å². The quantitative estimate of drug-likeness (QED) is 0.647. The van der Waals surface area contributed by atoms with Crippen LogP contribution in [0.25, 0.3) is 11.0 Å². The van der Waals surface area contributed by atoms with E-state index in [2.05, 4.69) is 15.5 Å². The SMILES string of the molecule is COCCn1c(CO)nnc1C1CC(NC(=O)c2ccc3oc(C)cc3c2)C1. The summed E-state index contributed by atoms with van der Waals surface area (Å²) in [6.45, 7) is 2.87. The number of furan rings is 1. The normalized spacial score (nSPS) is 19.0. The van der Waals surface area contributed by atoms with Crippen LogP contribution in [-0.2, 0) is 17.9 Å². The Bertz CT molecular complexity index is 987. The molecule has 8 heteroatoms. The molecule has 1 aliphatic carbocycles. The van der Waals surface area contributed by atoms with Crippen molar-refractivity contribution in [1.82, 2.24) is 20.1 Å². The minimum atomic E-state index is -0.153. The molecular weight excluding hydrogens is 360 g/mol. The first-order valence-electron chi connectivity index (χ1n) is 9.42. The number of aliphatic hydroxyl groups is 1. The predicted molar refractivity (Wildman–Crippen MR) is 102 cm³/mol. The van der Waals surface area contributed by atoms with Gasteiger partial charge in [0.1, 0.15) is 23.8 Å². The minimum Gasteiger partial charge on any atom is -0.461 e. The molecule has 0 atom stereocenters. The molecule has 0 aliphatic heterocycles. The second-order valence-electron chi connectivity index (χ2n) is 7.23. The van der Waals surface area contributed by atoms with E-state index in [0.29, 0.717) is 24.5 Å². The van der Waals surface area contributed by atoms with Crippen molar-refractivity contribution in [2.45, 2.75) is 44.9 Å². The van der Waals surface area contributed by atoms with Crippen molar-refractivity contribution in [2.75, 3.05) is 13.7 Å². The number of fused-ring (bicyclic) bond motifs is 1. The average molecular weight is 384 g/mol. The van der Waals surface area contributed by atoms with Crippen molar-refractivity contribution < 1.29 is 19.1 Å². The number of methoxy groups -OCH3 is 1. The third-order valence-electron chi connectivity index (χ3n) is 5.26. The van der Waals surface area contributed by atoms with Gasteiger partial charge in [0.25, 0.3) is 5.91 Å². The van der Waals surface area contributed by atoms with Gasteiger partial charge >= 0.3 is 0 Å². The fourth-order valence-electron chi connectivity index (χ4n) is 3.73. The van der Waals surface area contributed by atoms with Gasteiger partial charge in [-0.05, 0) is 44.0 Å². The number of amides is 1. The maximum atomic E-state index is 12.6. The number of ether oxygens (including phenoxy) is 1. The molecule has 2 heterocycles. The van der Waals surface area contributed by atoms with Crippen LogP contribution in [0.3, 0.4) is 0 Å². The van der Waals surface area contributed by atoms with E-state index in [1.165, 1.54) is 0 Å².